The molecular weight excluding hydrogens is 356 g/mol. The first-order chi connectivity index (χ1) is 13.8. The minimum absolute atomic E-state index is 0.308. The SMILES string of the molecule is CN=C(NCCOCCOC)NCC(c1ccc(OC)cc1)N1CCCCC1. The van der Waals surface area contributed by atoms with Crippen LogP contribution in [0.1, 0.15) is 30.9 Å². The topological polar surface area (TPSA) is 67.4 Å². The van der Waals surface area contributed by atoms with Crippen molar-refractivity contribution >= 4 is 5.96 Å². The van der Waals surface area contributed by atoms with Crippen LogP contribution in [0.3, 0.4) is 0 Å². The standard InChI is InChI=1S/C21H36N4O3/c1-22-21(23-11-14-28-16-15-26-2)24-17-20(25-12-5-4-6-13-25)18-7-9-19(27-3)10-8-18/h7-10,20H,4-6,11-17H2,1-3H3,(H2,22,23,24). The number of rotatable bonds is 11. The van der Waals surface area contributed by atoms with E-state index in [4.69, 9.17) is 14.2 Å². The van der Waals surface area contributed by atoms with E-state index in [9.17, 15) is 0 Å². The third kappa shape index (κ3) is 7.66. The van der Waals surface area contributed by atoms with Crippen LogP contribution in [0.15, 0.2) is 29.3 Å². The number of methoxy groups -OCH3 is 2. The first-order valence-corrected chi connectivity index (χ1v) is 10.2. The molecule has 28 heavy (non-hydrogen) atoms. The van der Waals surface area contributed by atoms with E-state index in [2.05, 4.69) is 32.7 Å². The summed E-state index contributed by atoms with van der Waals surface area (Å²) in [5.41, 5.74) is 1.30. The predicted octanol–water partition coefficient (Wildman–Crippen LogP) is 2.05. The molecule has 7 heteroatoms. The fourth-order valence-corrected chi connectivity index (χ4v) is 3.41. The summed E-state index contributed by atoms with van der Waals surface area (Å²) < 4.78 is 15.8. The van der Waals surface area contributed by atoms with Gasteiger partial charge in [-0.2, -0.15) is 0 Å². The second kappa shape index (κ2) is 13.4. The number of hydrogen-bond donors (Lipinski definition) is 2. The van der Waals surface area contributed by atoms with E-state index < -0.39 is 0 Å². The summed E-state index contributed by atoms with van der Waals surface area (Å²) in [6, 6.07) is 8.72. The van der Waals surface area contributed by atoms with Crippen LogP contribution in [0.4, 0.5) is 0 Å². The van der Waals surface area contributed by atoms with E-state index in [1.165, 1.54) is 24.8 Å². The van der Waals surface area contributed by atoms with Crippen molar-refractivity contribution in [2.75, 3.05) is 67.3 Å². The van der Waals surface area contributed by atoms with Crippen molar-refractivity contribution in [2.45, 2.75) is 25.3 Å². The highest BCUT2D eigenvalue weighted by Crippen LogP contribution is 2.25. The molecule has 0 aliphatic carbocycles. The number of nitrogens with one attached hydrogen (secondary N) is 2. The Morgan fingerprint density at radius 3 is 2.43 bits per heavy atom. The number of benzene rings is 1. The van der Waals surface area contributed by atoms with Gasteiger partial charge in [0.1, 0.15) is 5.75 Å². The first kappa shape index (κ1) is 22.5. The van der Waals surface area contributed by atoms with Gasteiger partial charge in [-0.25, -0.2) is 0 Å². The summed E-state index contributed by atoms with van der Waals surface area (Å²) in [5.74, 6) is 1.69. The van der Waals surface area contributed by atoms with E-state index in [1.54, 1.807) is 21.3 Å². The lowest BCUT2D eigenvalue weighted by Gasteiger charge is -2.35. The van der Waals surface area contributed by atoms with Crippen LogP contribution in [-0.2, 0) is 9.47 Å². The van der Waals surface area contributed by atoms with Crippen molar-refractivity contribution in [3.05, 3.63) is 29.8 Å². The number of ether oxygens (including phenoxy) is 3. The summed E-state index contributed by atoms with van der Waals surface area (Å²) >= 11 is 0. The number of likely N-dealkylation sites (tertiary alicyclic amines) is 1. The van der Waals surface area contributed by atoms with Gasteiger partial charge in [0.25, 0.3) is 0 Å². The van der Waals surface area contributed by atoms with Crippen molar-refractivity contribution in [3.8, 4) is 5.75 Å². The Labute approximate surface area is 169 Å². The summed E-state index contributed by atoms with van der Waals surface area (Å²) in [7, 11) is 5.17. The molecule has 1 unspecified atom stereocenters. The molecule has 0 amide bonds. The molecule has 1 atom stereocenters. The number of guanidine groups is 1. The van der Waals surface area contributed by atoms with Crippen LogP contribution in [0, 0.1) is 0 Å². The van der Waals surface area contributed by atoms with Crippen molar-refractivity contribution in [2.24, 2.45) is 4.99 Å². The highest BCUT2D eigenvalue weighted by molar-refractivity contribution is 5.79. The minimum Gasteiger partial charge on any atom is -0.497 e. The zero-order valence-electron chi connectivity index (χ0n) is 17.6. The lowest BCUT2D eigenvalue weighted by Crippen LogP contribution is -2.45. The molecule has 1 aliphatic rings. The van der Waals surface area contributed by atoms with Crippen LogP contribution in [0.5, 0.6) is 5.75 Å². The quantitative estimate of drug-likeness (QED) is 0.341. The summed E-state index contributed by atoms with van der Waals surface area (Å²) in [6.07, 6.45) is 3.85. The molecule has 0 aromatic heterocycles. The molecule has 7 nitrogen and oxygen atoms in total. The molecular formula is C21H36N4O3. The van der Waals surface area contributed by atoms with E-state index in [-0.39, 0.29) is 0 Å². The number of nitrogens with zero attached hydrogens (tertiary/aromatic N) is 2. The number of piperidine rings is 1. The monoisotopic (exact) mass is 392 g/mol. The van der Waals surface area contributed by atoms with Crippen LogP contribution in [-0.4, -0.2) is 78.1 Å². The summed E-state index contributed by atoms with van der Waals surface area (Å²) in [4.78, 5) is 6.90. The van der Waals surface area contributed by atoms with Gasteiger partial charge in [0.05, 0.1) is 33.0 Å². The Morgan fingerprint density at radius 2 is 1.79 bits per heavy atom. The number of hydrogen-bond acceptors (Lipinski definition) is 5. The second-order valence-corrected chi connectivity index (χ2v) is 6.87. The molecule has 2 rings (SSSR count). The predicted molar refractivity (Wildman–Crippen MR) is 113 cm³/mol. The van der Waals surface area contributed by atoms with Crippen molar-refractivity contribution in [1.29, 1.82) is 0 Å². The van der Waals surface area contributed by atoms with Crippen molar-refractivity contribution in [1.82, 2.24) is 15.5 Å². The van der Waals surface area contributed by atoms with Gasteiger partial charge in [0.15, 0.2) is 5.96 Å². The van der Waals surface area contributed by atoms with Crippen LogP contribution < -0.4 is 15.4 Å². The Hall–Kier alpha value is -1.83. The van der Waals surface area contributed by atoms with Gasteiger partial charge in [-0.3, -0.25) is 9.89 Å². The highest BCUT2D eigenvalue weighted by atomic mass is 16.5. The molecule has 0 spiro atoms. The first-order valence-electron chi connectivity index (χ1n) is 10.2. The fraction of sp³-hybridized carbons (Fsp3) is 0.667. The molecule has 1 aromatic rings. The summed E-state index contributed by atoms with van der Waals surface area (Å²) in [6.45, 7) is 5.63. The largest absolute Gasteiger partial charge is 0.497 e. The lowest BCUT2D eigenvalue weighted by molar-refractivity contribution is 0.0733. The Kier molecular flexibility index (Phi) is 10.7. The second-order valence-electron chi connectivity index (χ2n) is 6.87. The third-order valence-corrected chi connectivity index (χ3v) is 4.99. The van der Waals surface area contributed by atoms with Crippen LogP contribution in [0.25, 0.3) is 0 Å². The van der Waals surface area contributed by atoms with Crippen LogP contribution >= 0.6 is 0 Å². The Morgan fingerprint density at radius 1 is 1.04 bits per heavy atom. The molecule has 0 bridgehead atoms. The number of aliphatic imine (C=N–C) groups is 1. The molecule has 1 aliphatic heterocycles. The van der Waals surface area contributed by atoms with E-state index in [0.717, 1.165) is 31.3 Å². The zero-order valence-corrected chi connectivity index (χ0v) is 17.6. The maximum absolute atomic E-state index is 5.49. The lowest BCUT2D eigenvalue weighted by atomic mass is 10.0. The Balaban J connectivity index is 1.89. The average Bonchev–Trinajstić information content (AvgIpc) is 2.76. The van der Waals surface area contributed by atoms with E-state index in [1.807, 2.05) is 12.1 Å². The molecule has 0 saturated carbocycles. The molecule has 0 radical (unpaired) electrons. The van der Waals surface area contributed by atoms with Gasteiger partial charge in [-0.15, -0.1) is 0 Å². The molecule has 1 heterocycles. The molecule has 1 aromatic carbocycles. The zero-order chi connectivity index (χ0) is 20.0. The van der Waals surface area contributed by atoms with Gasteiger partial charge in [0.2, 0.25) is 0 Å². The van der Waals surface area contributed by atoms with Gasteiger partial charge in [-0.1, -0.05) is 18.6 Å². The maximum atomic E-state index is 5.49. The molecule has 2 N–H and O–H groups in total. The van der Waals surface area contributed by atoms with Crippen molar-refractivity contribution < 1.29 is 14.2 Å². The van der Waals surface area contributed by atoms with Gasteiger partial charge in [-0.05, 0) is 43.6 Å². The van der Waals surface area contributed by atoms with Gasteiger partial charge < -0.3 is 24.8 Å². The van der Waals surface area contributed by atoms with Crippen LogP contribution in [0.2, 0.25) is 0 Å². The maximum Gasteiger partial charge on any atom is 0.191 e. The average molecular weight is 393 g/mol. The minimum atomic E-state index is 0.308. The molecule has 1 fully saturated rings. The third-order valence-electron chi connectivity index (χ3n) is 4.99. The van der Waals surface area contributed by atoms with E-state index in [0.29, 0.717) is 32.4 Å². The normalized spacial score (nSPS) is 16.6. The fourth-order valence-electron chi connectivity index (χ4n) is 3.41. The highest BCUT2D eigenvalue weighted by Gasteiger charge is 2.22. The van der Waals surface area contributed by atoms with Crippen molar-refractivity contribution in [3.63, 3.8) is 0 Å². The smallest absolute Gasteiger partial charge is 0.191 e. The summed E-state index contributed by atoms with van der Waals surface area (Å²) in [5, 5.41) is 6.79. The molecule has 158 valence electrons. The Bertz CT molecular complexity index is 559. The van der Waals surface area contributed by atoms with E-state index >= 15 is 0 Å². The molecule has 1 saturated heterocycles. The van der Waals surface area contributed by atoms with Gasteiger partial charge in [0, 0.05) is 27.2 Å². The van der Waals surface area contributed by atoms with Gasteiger partial charge >= 0.3 is 0 Å².